The Morgan fingerprint density at radius 2 is 1.83 bits per heavy atom. The molecule has 0 saturated carbocycles. The molecule has 118 valence electrons. The van der Waals surface area contributed by atoms with Crippen LogP contribution < -0.4 is 0 Å². The van der Waals surface area contributed by atoms with Crippen molar-refractivity contribution in [3.05, 3.63) is 71.3 Å². The maximum Gasteiger partial charge on any atom is 0.303 e. The first-order chi connectivity index (χ1) is 11.6. The zero-order valence-electron chi connectivity index (χ0n) is 13.3. The summed E-state index contributed by atoms with van der Waals surface area (Å²) in [6, 6.07) is 14.6. The van der Waals surface area contributed by atoms with Gasteiger partial charge in [0.1, 0.15) is 6.10 Å². The Balaban J connectivity index is 1.79. The molecule has 2 aromatic carbocycles. The van der Waals surface area contributed by atoms with Crippen LogP contribution in [0.15, 0.2) is 54.6 Å². The Labute approximate surface area is 140 Å². The Morgan fingerprint density at radius 3 is 2.67 bits per heavy atom. The molecule has 24 heavy (non-hydrogen) atoms. The maximum atomic E-state index is 13.0. The van der Waals surface area contributed by atoms with Crippen LogP contribution in [0.4, 0.5) is 0 Å². The predicted octanol–water partition coefficient (Wildman–Crippen LogP) is 3.41. The summed E-state index contributed by atoms with van der Waals surface area (Å²) in [6.45, 7) is 1.40. The first-order valence-corrected chi connectivity index (χ1v) is 8.24. The van der Waals surface area contributed by atoms with Gasteiger partial charge in [0.15, 0.2) is 5.78 Å². The van der Waals surface area contributed by atoms with Crippen LogP contribution in [-0.4, -0.2) is 17.9 Å². The summed E-state index contributed by atoms with van der Waals surface area (Å²) in [4.78, 5) is 24.6. The zero-order valence-corrected chi connectivity index (χ0v) is 13.3. The second kappa shape index (κ2) is 4.44. The van der Waals surface area contributed by atoms with Gasteiger partial charge in [0, 0.05) is 12.8 Å². The molecular formula is C21H16O3. The molecule has 3 aliphatic carbocycles. The summed E-state index contributed by atoms with van der Waals surface area (Å²) in [5.74, 6) is -0.331. The molecule has 0 fully saturated rings. The lowest BCUT2D eigenvalue weighted by Crippen LogP contribution is -2.43. The highest BCUT2D eigenvalue weighted by molar-refractivity contribution is 6.02. The van der Waals surface area contributed by atoms with Crippen molar-refractivity contribution in [1.29, 1.82) is 0 Å². The minimum Gasteiger partial charge on any atom is -0.457 e. The van der Waals surface area contributed by atoms with E-state index in [1.807, 2.05) is 12.1 Å². The average Bonchev–Trinajstić information content (AvgIpc) is 3.01. The van der Waals surface area contributed by atoms with Crippen LogP contribution in [0.5, 0.6) is 0 Å². The van der Waals surface area contributed by atoms with Crippen molar-refractivity contribution < 1.29 is 14.3 Å². The van der Waals surface area contributed by atoms with Crippen molar-refractivity contribution in [2.45, 2.75) is 25.4 Å². The van der Waals surface area contributed by atoms with E-state index < -0.39 is 11.5 Å². The number of carbonyl (C=O) groups excluding carboxylic acids is 2. The van der Waals surface area contributed by atoms with Gasteiger partial charge < -0.3 is 4.74 Å². The minimum absolute atomic E-state index is 0.0516. The van der Waals surface area contributed by atoms with E-state index in [0.29, 0.717) is 6.42 Å². The van der Waals surface area contributed by atoms with Crippen LogP contribution in [0.1, 0.15) is 29.5 Å². The third-order valence-electron chi connectivity index (χ3n) is 5.75. The highest BCUT2D eigenvalue weighted by Crippen LogP contribution is 2.62. The molecule has 3 atom stereocenters. The summed E-state index contributed by atoms with van der Waals surface area (Å²) in [5, 5.41) is 0. The molecule has 2 unspecified atom stereocenters. The number of hydrogen-bond acceptors (Lipinski definition) is 3. The summed E-state index contributed by atoms with van der Waals surface area (Å²) in [6.07, 6.45) is 3.48. The molecule has 4 bridgehead atoms. The largest absolute Gasteiger partial charge is 0.457 e. The van der Waals surface area contributed by atoms with Crippen LogP contribution in [0.3, 0.4) is 0 Å². The van der Waals surface area contributed by atoms with E-state index in [2.05, 4.69) is 30.3 Å². The quantitative estimate of drug-likeness (QED) is 0.757. The average molecular weight is 316 g/mol. The fourth-order valence-corrected chi connectivity index (χ4v) is 4.90. The Hall–Kier alpha value is -2.68. The number of allylic oxidation sites excluding steroid dienone is 1. The number of hydrogen-bond donors (Lipinski definition) is 0. The summed E-state index contributed by atoms with van der Waals surface area (Å²) in [5.41, 5.74) is 5.28. The van der Waals surface area contributed by atoms with Crippen molar-refractivity contribution >= 4 is 11.8 Å². The van der Waals surface area contributed by atoms with Gasteiger partial charge in [-0.15, -0.1) is 0 Å². The number of benzene rings is 2. The van der Waals surface area contributed by atoms with Crippen LogP contribution in [-0.2, 0) is 20.7 Å². The fourth-order valence-electron chi connectivity index (χ4n) is 4.90. The van der Waals surface area contributed by atoms with Gasteiger partial charge in [-0.05, 0) is 46.4 Å². The van der Waals surface area contributed by atoms with Gasteiger partial charge in [0.05, 0.1) is 5.41 Å². The van der Waals surface area contributed by atoms with E-state index in [1.165, 1.54) is 34.7 Å². The molecule has 5 rings (SSSR count). The zero-order chi connectivity index (χ0) is 16.5. The molecule has 3 nitrogen and oxygen atoms in total. The minimum atomic E-state index is -0.725. The maximum absolute atomic E-state index is 13.0. The van der Waals surface area contributed by atoms with Gasteiger partial charge in [-0.3, -0.25) is 9.59 Å². The van der Waals surface area contributed by atoms with Crippen LogP contribution in [0, 0.1) is 5.41 Å². The highest BCUT2D eigenvalue weighted by Gasteiger charge is 2.61. The normalized spacial score (nSPS) is 28.3. The highest BCUT2D eigenvalue weighted by atomic mass is 16.5. The van der Waals surface area contributed by atoms with Crippen molar-refractivity contribution in [3.63, 3.8) is 0 Å². The van der Waals surface area contributed by atoms with Crippen LogP contribution in [0.2, 0.25) is 0 Å². The van der Waals surface area contributed by atoms with Crippen molar-refractivity contribution in [2.24, 2.45) is 5.41 Å². The van der Waals surface area contributed by atoms with E-state index in [9.17, 15) is 9.59 Å². The van der Waals surface area contributed by atoms with Gasteiger partial charge in [0.2, 0.25) is 0 Å². The number of rotatable bonds is 1. The Kier molecular flexibility index (Phi) is 2.54. The standard InChI is InChI=1S/C21H16O3/c1-12(22)24-19-10-9-18(23)21(19)11-17-14-7-4-8-16(17)20(21)15-6-3-2-5-13(14)15/h2-10,19-20H,11H2,1H3/t19-,20?,21?/m0/s1. The second-order valence-electron chi connectivity index (χ2n) is 6.86. The lowest BCUT2D eigenvalue weighted by molar-refractivity contribution is -0.151. The predicted molar refractivity (Wildman–Crippen MR) is 89.6 cm³/mol. The van der Waals surface area contributed by atoms with Crippen LogP contribution >= 0.6 is 0 Å². The molecule has 0 aliphatic heterocycles. The van der Waals surface area contributed by atoms with Crippen molar-refractivity contribution in [3.8, 4) is 11.1 Å². The molecule has 3 heteroatoms. The third kappa shape index (κ3) is 1.47. The molecule has 0 heterocycles. The van der Waals surface area contributed by atoms with Crippen molar-refractivity contribution in [2.75, 3.05) is 0 Å². The molecule has 0 N–H and O–H groups in total. The molecule has 0 aromatic heterocycles. The smallest absolute Gasteiger partial charge is 0.303 e. The number of ether oxygens (including phenoxy) is 1. The Morgan fingerprint density at radius 1 is 1.08 bits per heavy atom. The molecule has 1 spiro atoms. The van der Waals surface area contributed by atoms with Gasteiger partial charge in [-0.2, -0.15) is 0 Å². The number of esters is 1. The first-order valence-electron chi connectivity index (χ1n) is 8.24. The second-order valence-corrected chi connectivity index (χ2v) is 6.86. The van der Waals surface area contributed by atoms with E-state index >= 15 is 0 Å². The molecule has 2 aromatic rings. The first kappa shape index (κ1) is 13.7. The lowest BCUT2D eigenvalue weighted by atomic mass is 9.67. The van der Waals surface area contributed by atoms with E-state index in [1.54, 1.807) is 12.2 Å². The topological polar surface area (TPSA) is 43.4 Å². The summed E-state index contributed by atoms with van der Waals surface area (Å²) >= 11 is 0. The van der Waals surface area contributed by atoms with E-state index in [4.69, 9.17) is 4.74 Å². The van der Waals surface area contributed by atoms with E-state index in [0.717, 1.165) is 0 Å². The summed E-state index contributed by atoms with van der Waals surface area (Å²) < 4.78 is 5.57. The van der Waals surface area contributed by atoms with Gasteiger partial charge in [0.25, 0.3) is 0 Å². The van der Waals surface area contributed by atoms with Crippen molar-refractivity contribution in [1.82, 2.24) is 0 Å². The molecule has 3 aliphatic rings. The molecule has 0 saturated heterocycles. The van der Waals surface area contributed by atoms with Gasteiger partial charge >= 0.3 is 5.97 Å². The molecule has 0 radical (unpaired) electrons. The molecular weight excluding hydrogens is 300 g/mol. The molecule has 0 amide bonds. The van der Waals surface area contributed by atoms with E-state index in [-0.39, 0.29) is 17.7 Å². The number of carbonyl (C=O) groups is 2. The van der Waals surface area contributed by atoms with Crippen LogP contribution in [0.25, 0.3) is 11.1 Å². The monoisotopic (exact) mass is 316 g/mol. The number of fused-ring (bicyclic) bond motifs is 4. The van der Waals surface area contributed by atoms with Gasteiger partial charge in [-0.1, -0.05) is 42.5 Å². The Bertz CT molecular complexity index is 940. The third-order valence-corrected chi connectivity index (χ3v) is 5.75. The van der Waals surface area contributed by atoms with Gasteiger partial charge in [-0.25, -0.2) is 0 Å². The lowest BCUT2D eigenvalue weighted by Gasteiger charge is -2.36. The fraction of sp³-hybridized carbons (Fsp3) is 0.238. The number of ketones is 1. The summed E-state index contributed by atoms with van der Waals surface area (Å²) in [7, 11) is 0. The SMILES string of the molecule is CC(=O)O[C@H]1C=CC(=O)C12Cc1c3cccc1C2c1ccccc1-3.